The summed E-state index contributed by atoms with van der Waals surface area (Å²) in [4.78, 5) is 35.0. The Morgan fingerprint density at radius 3 is 2.70 bits per heavy atom. The molecule has 0 bridgehead atoms. The van der Waals surface area contributed by atoms with Crippen molar-refractivity contribution in [3.63, 3.8) is 0 Å². The topological polar surface area (TPSA) is 76.4 Å². The molecule has 33 heavy (non-hydrogen) atoms. The van der Waals surface area contributed by atoms with Gasteiger partial charge in [-0.05, 0) is 38.5 Å². The largest absolute Gasteiger partial charge is 0.463 e. The smallest absolute Gasteiger partial charge is 0.338 e. The van der Waals surface area contributed by atoms with Crippen LogP contribution >= 0.6 is 11.3 Å². The number of benzene rings is 2. The van der Waals surface area contributed by atoms with Crippen molar-refractivity contribution in [2.24, 2.45) is 4.99 Å². The Kier molecular flexibility index (Phi) is 5.34. The van der Waals surface area contributed by atoms with E-state index in [4.69, 9.17) is 4.74 Å². The molecule has 4 aromatic rings. The summed E-state index contributed by atoms with van der Waals surface area (Å²) in [6.07, 6.45) is 3.79. The fourth-order valence-electron chi connectivity index (χ4n) is 4.21. The van der Waals surface area contributed by atoms with Crippen LogP contribution in [0.25, 0.3) is 17.0 Å². The first kappa shape index (κ1) is 21.2. The second-order valence-corrected chi connectivity index (χ2v) is 9.01. The molecule has 3 heterocycles. The van der Waals surface area contributed by atoms with Gasteiger partial charge in [-0.15, -0.1) is 0 Å². The maximum Gasteiger partial charge on any atom is 0.338 e. The number of aryl methyl sites for hydroxylation is 1. The number of nitrogens with one attached hydrogen (secondary N) is 1. The van der Waals surface area contributed by atoms with E-state index in [1.807, 2.05) is 67.7 Å². The zero-order valence-corrected chi connectivity index (χ0v) is 19.4. The first-order valence-corrected chi connectivity index (χ1v) is 11.6. The molecule has 0 radical (unpaired) electrons. The summed E-state index contributed by atoms with van der Waals surface area (Å²) >= 11 is 1.33. The number of allylic oxidation sites excluding steroid dienone is 1. The predicted octanol–water partition coefficient (Wildman–Crippen LogP) is 3.59. The number of hydrogen-bond donors (Lipinski definition) is 1. The van der Waals surface area contributed by atoms with Crippen LogP contribution < -0.4 is 14.9 Å². The molecule has 1 N–H and O–H groups in total. The lowest BCUT2D eigenvalue weighted by Gasteiger charge is -2.24. The summed E-state index contributed by atoms with van der Waals surface area (Å²) < 4.78 is 7.53. The van der Waals surface area contributed by atoms with Gasteiger partial charge in [0.05, 0.1) is 28.5 Å². The van der Waals surface area contributed by atoms with Crippen LogP contribution in [0, 0.1) is 6.92 Å². The van der Waals surface area contributed by atoms with Gasteiger partial charge >= 0.3 is 5.97 Å². The molecule has 1 aliphatic heterocycles. The lowest BCUT2D eigenvalue weighted by Crippen LogP contribution is -2.39. The fourth-order valence-corrected chi connectivity index (χ4v) is 5.25. The summed E-state index contributed by atoms with van der Waals surface area (Å²) in [5.41, 5.74) is 4.68. The van der Waals surface area contributed by atoms with Crippen molar-refractivity contribution < 1.29 is 9.53 Å². The molecular formula is C26H23N3O3S. The number of nitrogens with zero attached hydrogens (tertiary/aromatic N) is 2. The van der Waals surface area contributed by atoms with Gasteiger partial charge in [0.15, 0.2) is 4.80 Å². The summed E-state index contributed by atoms with van der Waals surface area (Å²) in [7, 11) is 0. The van der Waals surface area contributed by atoms with Crippen molar-refractivity contribution in [2.45, 2.75) is 26.8 Å². The first-order valence-electron chi connectivity index (χ1n) is 10.8. The van der Waals surface area contributed by atoms with E-state index in [2.05, 4.69) is 9.98 Å². The Morgan fingerprint density at radius 2 is 1.94 bits per heavy atom. The summed E-state index contributed by atoms with van der Waals surface area (Å²) in [5.74, 6) is -0.449. The molecule has 0 saturated carbocycles. The van der Waals surface area contributed by atoms with Crippen LogP contribution in [0.2, 0.25) is 0 Å². The van der Waals surface area contributed by atoms with Gasteiger partial charge < -0.3 is 9.72 Å². The number of rotatable bonds is 4. The number of carbonyl (C=O) groups excluding carboxylic acids is 1. The van der Waals surface area contributed by atoms with E-state index in [9.17, 15) is 9.59 Å². The third-order valence-electron chi connectivity index (χ3n) is 5.82. The molecule has 2 aromatic carbocycles. The van der Waals surface area contributed by atoms with E-state index in [-0.39, 0.29) is 12.2 Å². The molecule has 7 heteroatoms. The van der Waals surface area contributed by atoms with Crippen molar-refractivity contribution in [2.75, 3.05) is 6.61 Å². The Hall–Kier alpha value is -3.71. The number of aromatic nitrogens is 2. The second kappa shape index (κ2) is 8.33. The number of thiazole rings is 1. The highest BCUT2D eigenvalue weighted by Crippen LogP contribution is 2.30. The van der Waals surface area contributed by atoms with Crippen molar-refractivity contribution in [3.05, 3.63) is 102 Å². The quantitative estimate of drug-likeness (QED) is 0.476. The molecule has 2 aromatic heterocycles. The SMILES string of the molecule is CCOC(=O)C1=C(C)N=c2s/c(=C\c3c[nH]c4ccccc34)c(=O)n2[C@@H]1c1ccc(C)cc1. The third-order valence-corrected chi connectivity index (χ3v) is 6.80. The maximum atomic E-state index is 13.7. The van der Waals surface area contributed by atoms with Crippen molar-refractivity contribution in [3.8, 4) is 0 Å². The van der Waals surface area contributed by atoms with Gasteiger partial charge in [0, 0.05) is 22.7 Å². The lowest BCUT2D eigenvalue weighted by atomic mass is 9.95. The predicted molar refractivity (Wildman–Crippen MR) is 130 cm³/mol. The number of hydrogen-bond acceptors (Lipinski definition) is 5. The number of H-pyrrole nitrogens is 1. The van der Waals surface area contributed by atoms with Crippen molar-refractivity contribution >= 4 is 34.3 Å². The zero-order valence-electron chi connectivity index (χ0n) is 18.6. The Morgan fingerprint density at radius 1 is 1.18 bits per heavy atom. The molecule has 1 atom stereocenters. The molecule has 0 fully saturated rings. The van der Waals surface area contributed by atoms with E-state index in [1.165, 1.54) is 11.3 Å². The minimum atomic E-state index is -0.592. The van der Waals surface area contributed by atoms with Gasteiger partial charge in [-0.1, -0.05) is 59.4 Å². The Balaban J connectivity index is 1.74. The van der Waals surface area contributed by atoms with E-state index in [1.54, 1.807) is 18.4 Å². The van der Waals surface area contributed by atoms with Crippen LogP contribution in [0.15, 0.2) is 75.8 Å². The molecule has 5 rings (SSSR count). The highest BCUT2D eigenvalue weighted by Gasteiger charge is 2.33. The highest BCUT2D eigenvalue weighted by molar-refractivity contribution is 7.07. The van der Waals surface area contributed by atoms with Crippen LogP contribution in [0.3, 0.4) is 0 Å². The average molecular weight is 458 g/mol. The molecule has 0 aliphatic carbocycles. The molecule has 0 spiro atoms. The van der Waals surface area contributed by atoms with Gasteiger partial charge in [-0.25, -0.2) is 9.79 Å². The molecular weight excluding hydrogens is 434 g/mol. The van der Waals surface area contributed by atoms with Gasteiger partial charge in [-0.2, -0.15) is 0 Å². The average Bonchev–Trinajstić information content (AvgIpc) is 3.35. The van der Waals surface area contributed by atoms with E-state index in [0.717, 1.165) is 27.6 Å². The number of aromatic amines is 1. The minimum absolute atomic E-state index is 0.177. The second-order valence-electron chi connectivity index (χ2n) is 8.00. The Labute approximate surface area is 194 Å². The molecule has 0 saturated heterocycles. The van der Waals surface area contributed by atoms with Crippen LogP contribution in [-0.4, -0.2) is 22.1 Å². The van der Waals surface area contributed by atoms with E-state index < -0.39 is 12.0 Å². The van der Waals surface area contributed by atoms with Crippen LogP contribution in [-0.2, 0) is 9.53 Å². The van der Waals surface area contributed by atoms with Crippen molar-refractivity contribution in [1.29, 1.82) is 0 Å². The summed E-state index contributed by atoms with van der Waals surface area (Å²) in [6.45, 7) is 5.82. The van der Waals surface area contributed by atoms with Crippen LogP contribution in [0.5, 0.6) is 0 Å². The fraction of sp³-hybridized carbons (Fsp3) is 0.192. The van der Waals surface area contributed by atoms with Crippen LogP contribution in [0.4, 0.5) is 0 Å². The van der Waals surface area contributed by atoms with Gasteiger partial charge in [0.1, 0.15) is 0 Å². The number of ether oxygens (including phenoxy) is 1. The monoisotopic (exact) mass is 457 g/mol. The summed E-state index contributed by atoms with van der Waals surface area (Å²) in [5, 5.41) is 1.04. The van der Waals surface area contributed by atoms with Crippen LogP contribution in [0.1, 0.15) is 36.6 Å². The zero-order chi connectivity index (χ0) is 23.1. The highest BCUT2D eigenvalue weighted by atomic mass is 32.1. The van der Waals surface area contributed by atoms with E-state index >= 15 is 0 Å². The normalized spacial score (nSPS) is 16.1. The minimum Gasteiger partial charge on any atom is -0.463 e. The molecule has 6 nitrogen and oxygen atoms in total. The van der Waals surface area contributed by atoms with Gasteiger partial charge in [-0.3, -0.25) is 9.36 Å². The third kappa shape index (κ3) is 3.64. The van der Waals surface area contributed by atoms with Gasteiger partial charge in [0.2, 0.25) is 0 Å². The van der Waals surface area contributed by atoms with Crippen molar-refractivity contribution in [1.82, 2.24) is 9.55 Å². The standard InChI is InChI=1S/C26H23N3O3S/c1-4-32-25(31)22-16(3)28-26-29(23(22)17-11-9-15(2)10-12-17)24(30)21(33-26)13-18-14-27-20-8-6-5-7-19(18)20/h5-14,23,27H,4H2,1-3H3/b21-13-/t23-/m1/s1. The molecule has 0 amide bonds. The molecule has 166 valence electrons. The first-order chi connectivity index (χ1) is 16.0. The maximum absolute atomic E-state index is 13.7. The lowest BCUT2D eigenvalue weighted by molar-refractivity contribution is -0.139. The van der Waals surface area contributed by atoms with Gasteiger partial charge in [0.25, 0.3) is 5.56 Å². The number of para-hydroxylation sites is 1. The molecule has 0 unspecified atom stereocenters. The molecule has 1 aliphatic rings. The summed E-state index contributed by atoms with van der Waals surface area (Å²) in [6, 6.07) is 15.2. The number of fused-ring (bicyclic) bond motifs is 2. The number of esters is 1. The van der Waals surface area contributed by atoms with E-state index in [0.29, 0.717) is 20.6 Å². The Bertz CT molecular complexity index is 1590. The number of carbonyl (C=O) groups is 1.